The van der Waals surface area contributed by atoms with E-state index in [0.29, 0.717) is 18.4 Å². The fourth-order valence-corrected chi connectivity index (χ4v) is 5.01. The predicted octanol–water partition coefficient (Wildman–Crippen LogP) is 2.92. The second-order valence-corrected chi connectivity index (χ2v) is 8.72. The van der Waals surface area contributed by atoms with Crippen LogP contribution < -0.4 is 10.9 Å². The molecule has 3 heterocycles. The number of nitrogens with one attached hydrogen (secondary N) is 2. The van der Waals surface area contributed by atoms with Gasteiger partial charge in [-0.25, -0.2) is 9.50 Å². The van der Waals surface area contributed by atoms with Gasteiger partial charge in [-0.15, -0.1) is 0 Å². The van der Waals surface area contributed by atoms with Crippen molar-refractivity contribution in [2.24, 2.45) is 5.92 Å². The summed E-state index contributed by atoms with van der Waals surface area (Å²) in [5.41, 5.74) is 5.18. The van der Waals surface area contributed by atoms with Crippen LogP contribution >= 0.6 is 0 Å². The van der Waals surface area contributed by atoms with Gasteiger partial charge in [0.15, 0.2) is 5.65 Å². The number of amides is 1. The Morgan fingerprint density at radius 3 is 2.90 bits per heavy atom. The molecule has 0 atom stereocenters. The summed E-state index contributed by atoms with van der Waals surface area (Å²) >= 11 is 0. The average molecular weight is 406 g/mol. The number of rotatable bonds is 4. The van der Waals surface area contributed by atoms with E-state index in [0.717, 1.165) is 67.5 Å². The highest BCUT2D eigenvalue weighted by molar-refractivity contribution is 5.94. The number of H-pyrrole nitrogens is 1. The topological polar surface area (TPSA) is 92.1 Å². The summed E-state index contributed by atoms with van der Waals surface area (Å²) in [7, 11) is 0. The molecule has 30 heavy (non-hydrogen) atoms. The minimum Gasteiger partial charge on any atom is -0.352 e. The van der Waals surface area contributed by atoms with Crippen molar-refractivity contribution >= 4 is 11.6 Å². The van der Waals surface area contributed by atoms with Crippen LogP contribution in [-0.4, -0.2) is 32.0 Å². The third kappa shape index (κ3) is 3.53. The molecule has 0 unspecified atom stereocenters. The van der Waals surface area contributed by atoms with E-state index in [1.54, 1.807) is 6.07 Å². The standard InChI is InChI=1S/C23H27N5O2/c1-14-11-21-24-10-9-20(28(21)27-14)16-7-5-15(6-8-16)13-25-22(29)18-12-17-3-2-4-19(17)26-23(18)30/h9-12,15-16H,2-8,13H2,1H3,(H,25,29)(H,26,30). The number of hydrogen-bond donors (Lipinski definition) is 2. The van der Waals surface area contributed by atoms with Gasteiger partial charge in [-0.3, -0.25) is 9.59 Å². The fourth-order valence-electron chi connectivity index (χ4n) is 5.01. The molecule has 1 amide bonds. The zero-order valence-corrected chi connectivity index (χ0v) is 17.3. The van der Waals surface area contributed by atoms with Gasteiger partial charge in [0.2, 0.25) is 0 Å². The maximum Gasteiger partial charge on any atom is 0.261 e. The van der Waals surface area contributed by atoms with Gasteiger partial charge in [-0.2, -0.15) is 5.10 Å². The Bertz CT molecular complexity index is 1150. The number of fused-ring (bicyclic) bond motifs is 2. The predicted molar refractivity (Wildman–Crippen MR) is 114 cm³/mol. The number of aromatic nitrogens is 4. The minimum atomic E-state index is -0.270. The Hall–Kier alpha value is -2.96. The van der Waals surface area contributed by atoms with Crippen molar-refractivity contribution in [1.82, 2.24) is 24.9 Å². The number of hydrogen-bond acceptors (Lipinski definition) is 4. The van der Waals surface area contributed by atoms with Crippen molar-refractivity contribution < 1.29 is 4.79 Å². The van der Waals surface area contributed by atoms with Gasteiger partial charge in [0.05, 0.1) is 5.69 Å². The van der Waals surface area contributed by atoms with Crippen molar-refractivity contribution in [3.8, 4) is 0 Å². The Balaban J connectivity index is 1.20. The van der Waals surface area contributed by atoms with Crippen LogP contribution in [0.3, 0.4) is 0 Å². The van der Waals surface area contributed by atoms with Crippen molar-refractivity contribution in [2.75, 3.05) is 6.54 Å². The molecule has 3 aromatic heterocycles. The summed E-state index contributed by atoms with van der Waals surface area (Å²) in [5.74, 6) is 0.646. The van der Waals surface area contributed by atoms with Gasteiger partial charge in [-0.05, 0) is 75.5 Å². The summed E-state index contributed by atoms with van der Waals surface area (Å²) < 4.78 is 1.97. The van der Waals surface area contributed by atoms with E-state index >= 15 is 0 Å². The molecule has 7 nitrogen and oxygen atoms in total. The molecule has 0 aromatic carbocycles. The van der Waals surface area contributed by atoms with Gasteiger partial charge in [-0.1, -0.05) is 0 Å². The molecule has 0 radical (unpaired) electrons. The zero-order chi connectivity index (χ0) is 20.7. The Kier molecular flexibility index (Phi) is 4.89. The first-order valence-electron chi connectivity index (χ1n) is 10.9. The Morgan fingerprint density at radius 1 is 1.23 bits per heavy atom. The van der Waals surface area contributed by atoms with E-state index in [1.807, 2.05) is 23.7 Å². The third-order valence-corrected chi connectivity index (χ3v) is 6.66. The van der Waals surface area contributed by atoms with Crippen molar-refractivity contribution in [3.05, 3.63) is 63.0 Å². The van der Waals surface area contributed by atoms with E-state index in [4.69, 9.17) is 0 Å². The molecule has 0 bridgehead atoms. The second-order valence-electron chi connectivity index (χ2n) is 8.72. The first-order chi connectivity index (χ1) is 14.6. The molecule has 0 saturated heterocycles. The largest absolute Gasteiger partial charge is 0.352 e. The van der Waals surface area contributed by atoms with Crippen LogP contribution in [0.4, 0.5) is 0 Å². The summed E-state index contributed by atoms with van der Waals surface area (Å²) in [5, 5.41) is 7.60. The van der Waals surface area contributed by atoms with Crippen LogP contribution in [0.2, 0.25) is 0 Å². The third-order valence-electron chi connectivity index (χ3n) is 6.66. The number of carbonyl (C=O) groups excluding carboxylic acids is 1. The highest BCUT2D eigenvalue weighted by Gasteiger charge is 2.25. The molecule has 7 heteroatoms. The van der Waals surface area contributed by atoms with Gasteiger partial charge in [0, 0.05) is 36.1 Å². The number of carbonyl (C=O) groups is 1. The van der Waals surface area contributed by atoms with Crippen molar-refractivity contribution in [1.29, 1.82) is 0 Å². The molecule has 1 saturated carbocycles. The van der Waals surface area contributed by atoms with Gasteiger partial charge >= 0.3 is 0 Å². The zero-order valence-electron chi connectivity index (χ0n) is 17.3. The number of nitrogens with zero attached hydrogens (tertiary/aromatic N) is 3. The SMILES string of the molecule is Cc1cc2nccc(C3CCC(CNC(=O)c4cc5c([nH]c4=O)CCC5)CC3)n2n1. The number of aromatic amines is 1. The average Bonchev–Trinajstić information content (AvgIpc) is 3.36. The Labute approximate surface area is 174 Å². The molecule has 2 aliphatic rings. The fraction of sp³-hybridized carbons (Fsp3) is 0.478. The maximum atomic E-state index is 12.6. The summed E-state index contributed by atoms with van der Waals surface area (Å²) in [6, 6.07) is 5.87. The van der Waals surface area contributed by atoms with E-state index < -0.39 is 0 Å². The van der Waals surface area contributed by atoms with Gasteiger partial charge in [0.1, 0.15) is 5.56 Å². The molecular formula is C23H27N5O2. The molecule has 156 valence electrons. The van der Waals surface area contributed by atoms with Crippen LogP contribution in [0.5, 0.6) is 0 Å². The molecule has 3 aromatic rings. The molecular weight excluding hydrogens is 378 g/mol. The summed E-state index contributed by atoms with van der Waals surface area (Å²) in [4.78, 5) is 32.1. The van der Waals surface area contributed by atoms with Crippen LogP contribution in [0.25, 0.3) is 5.65 Å². The molecule has 0 aliphatic heterocycles. The first-order valence-corrected chi connectivity index (χ1v) is 10.9. The smallest absolute Gasteiger partial charge is 0.261 e. The highest BCUT2D eigenvalue weighted by atomic mass is 16.2. The van der Waals surface area contributed by atoms with Crippen molar-refractivity contribution in [3.63, 3.8) is 0 Å². The highest BCUT2D eigenvalue weighted by Crippen LogP contribution is 2.35. The van der Waals surface area contributed by atoms with Gasteiger partial charge in [0.25, 0.3) is 11.5 Å². The molecule has 5 rings (SSSR count). The van der Waals surface area contributed by atoms with Crippen LogP contribution in [-0.2, 0) is 12.8 Å². The molecule has 2 aliphatic carbocycles. The maximum absolute atomic E-state index is 12.6. The lowest BCUT2D eigenvalue weighted by Crippen LogP contribution is -2.34. The molecule has 2 N–H and O–H groups in total. The minimum absolute atomic E-state index is 0.248. The van der Waals surface area contributed by atoms with Crippen LogP contribution in [0.15, 0.2) is 29.2 Å². The van der Waals surface area contributed by atoms with Crippen LogP contribution in [0, 0.1) is 12.8 Å². The first kappa shape index (κ1) is 19.0. The van der Waals surface area contributed by atoms with Gasteiger partial charge < -0.3 is 10.3 Å². The number of pyridine rings is 1. The lowest BCUT2D eigenvalue weighted by Gasteiger charge is -2.29. The van der Waals surface area contributed by atoms with E-state index in [9.17, 15) is 9.59 Å². The van der Waals surface area contributed by atoms with Crippen molar-refractivity contribution in [2.45, 2.75) is 57.8 Å². The lowest BCUT2D eigenvalue weighted by molar-refractivity contribution is 0.0941. The van der Waals surface area contributed by atoms with E-state index in [1.165, 1.54) is 5.69 Å². The summed E-state index contributed by atoms with van der Waals surface area (Å²) in [6.07, 6.45) is 8.99. The lowest BCUT2D eigenvalue weighted by atomic mass is 9.80. The number of aryl methyl sites for hydroxylation is 3. The normalized spacial score (nSPS) is 21.0. The summed E-state index contributed by atoms with van der Waals surface area (Å²) in [6.45, 7) is 2.61. The second kappa shape index (κ2) is 7.70. The molecule has 0 spiro atoms. The quantitative estimate of drug-likeness (QED) is 0.698. The van der Waals surface area contributed by atoms with Crippen LogP contribution in [0.1, 0.15) is 71.0 Å². The monoisotopic (exact) mass is 405 g/mol. The molecule has 1 fully saturated rings. The Morgan fingerprint density at radius 2 is 2.07 bits per heavy atom. The van der Waals surface area contributed by atoms with E-state index in [-0.39, 0.29) is 17.0 Å². The van der Waals surface area contributed by atoms with E-state index in [2.05, 4.69) is 26.4 Å².